The van der Waals surface area contributed by atoms with Crippen molar-refractivity contribution in [3.05, 3.63) is 35.9 Å². The zero-order valence-electron chi connectivity index (χ0n) is 19.8. The first-order valence-electron chi connectivity index (χ1n) is 12.8. The van der Waals surface area contributed by atoms with Crippen molar-refractivity contribution in [1.29, 1.82) is 0 Å². The summed E-state index contributed by atoms with van der Waals surface area (Å²) in [5, 5.41) is 0. The average Bonchev–Trinajstić information content (AvgIpc) is 3.15. The maximum atomic E-state index is 13.4. The lowest BCUT2D eigenvalue weighted by Crippen LogP contribution is -2.42. The van der Waals surface area contributed by atoms with E-state index in [1.165, 1.54) is 44.2 Å². The van der Waals surface area contributed by atoms with Crippen LogP contribution in [0.15, 0.2) is 35.3 Å². The molecule has 0 N–H and O–H groups in total. The van der Waals surface area contributed by atoms with Crippen LogP contribution in [0.2, 0.25) is 0 Å². The van der Waals surface area contributed by atoms with E-state index >= 15 is 0 Å². The van der Waals surface area contributed by atoms with Gasteiger partial charge in [0.15, 0.2) is 6.10 Å². The molecule has 0 aromatic heterocycles. The molecular formula is C27H39N3O2. The molecule has 1 atom stereocenters. The third-order valence-electron chi connectivity index (χ3n) is 7.21. The maximum absolute atomic E-state index is 13.4. The molecule has 3 aliphatic rings. The van der Waals surface area contributed by atoms with Crippen molar-refractivity contribution < 1.29 is 9.53 Å². The summed E-state index contributed by atoms with van der Waals surface area (Å²) in [6.45, 7) is 6.34. The summed E-state index contributed by atoms with van der Waals surface area (Å²) < 4.78 is 6.19. The van der Waals surface area contributed by atoms with E-state index < -0.39 is 6.10 Å². The van der Waals surface area contributed by atoms with E-state index in [0.29, 0.717) is 12.1 Å². The molecule has 3 fully saturated rings. The van der Waals surface area contributed by atoms with Gasteiger partial charge < -0.3 is 9.64 Å². The van der Waals surface area contributed by atoms with Crippen molar-refractivity contribution in [2.24, 2.45) is 4.99 Å². The van der Waals surface area contributed by atoms with Gasteiger partial charge in [-0.2, -0.15) is 0 Å². The summed E-state index contributed by atoms with van der Waals surface area (Å²) in [6.07, 6.45) is 15.1. The van der Waals surface area contributed by atoms with E-state index in [1.54, 1.807) is 0 Å². The molecular weight excluding hydrogens is 398 g/mol. The average molecular weight is 438 g/mol. The largest absolute Gasteiger partial charge is 0.447 e. The van der Waals surface area contributed by atoms with Gasteiger partial charge in [0, 0.05) is 24.8 Å². The Hall–Kier alpha value is -2.30. The molecule has 1 saturated heterocycles. The summed E-state index contributed by atoms with van der Waals surface area (Å²) in [4.78, 5) is 22.6. The van der Waals surface area contributed by atoms with E-state index in [4.69, 9.17) is 9.73 Å². The third-order valence-corrected chi connectivity index (χ3v) is 7.21. The minimum Gasteiger partial charge on any atom is -0.447 e. The van der Waals surface area contributed by atoms with Gasteiger partial charge in [-0.05, 0) is 63.3 Å². The normalized spacial score (nSPS) is 24.4. The van der Waals surface area contributed by atoms with Crippen LogP contribution in [0.3, 0.4) is 0 Å². The molecule has 0 radical (unpaired) electrons. The van der Waals surface area contributed by atoms with Crippen LogP contribution in [-0.4, -0.2) is 48.1 Å². The van der Waals surface area contributed by atoms with Crippen LogP contribution in [0.5, 0.6) is 0 Å². The van der Waals surface area contributed by atoms with Crippen LogP contribution in [0.1, 0.15) is 83.6 Å². The minimum atomic E-state index is -0.568. The highest BCUT2D eigenvalue weighted by atomic mass is 16.5. The topological polar surface area (TPSA) is 45.1 Å². The molecule has 1 unspecified atom stereocenters. The first-order valence-corrected chi connectivity index (χ1v) is 12.8. The molecule has 4 rings (SSSR count). The number of ether oxygens (including phenoxy) is 1. The molecule has 5 nitrogen and oxygen atoms in total. The fourth-order valence-electron chi connectivity index (χ4n) is 5.29. The van der Waals surface area contributed by atoms with Crippen molar-refractivity contribution in [1.82, 2.24) is 4.90 Å². The molecule has 5 heteroatoms. The Bertz CT molecular complexity index is 801. The molecule has 174 valence electrons. The smallest absolute Gasteiger partial charge is 0.295 e. The van der Waals surface area contributed by atoms with Gasteiger partial charge in [-0.15, -0.1) is 0 Å². The fourth-order valence-corrected chi connectivity index (χ4v) is 5.29. The number of nitrogens with zero attached hydrogens (tertiary/aromatic N) is 3. The highest BCUT2D eigenvalue weighted by molar-refractivity contribution is 6.03. The van der Waals surface area contributed by atoms with E-state index in [1.807, 2.05) is 17.1 Å². The predicted molar refractivity (Wildman–Crippen MR) is 132 cm³/mol. The molecule has 1 amide bonds. The number of aliphatic imine (C=N–C) groups is 1. The van der Waals surface area contributed by atoms with Gasteiger partial charge in [0.1, 0.15) is 0 Å². The number of carbonyl (C=O) groups is 1. The van der Waals surface area contributed by atoms with Gasteiger partial charge in [-0.3, -0.25) is 9.69 Å². The second-order valence-electron chi connectivity index (χ2n) is 9.36. The summed E-state index contributed by atoms with van der Waals surface area (Å²) in [5.41, 5.74) is 2.31. The Kier molecular flexibility index (Phi) is 7.88. The van der Waals surface area contributed by atoms with E-state index in [2.05, 4.69) is 43.0 Å². The van der Waals surface area contributed by atoms with Crippen LogP contribution in [0.4, 0.5) is 5.69 Å². The van der Waals surface area contributed by atoms with E-state index in [-0.39, 0.29) is 11.9 Å². The predicted octanol–water partition coefficient (Wildman–Crippen LogP) is 5.79. The number of rotatable bonds is 7. The maximum Gasteiger partial charge on any atom is 0.295 e. The number of amides is 1. The van der Waals surface area contributed by atoms with Gasteiger partial charge >= 0.3 is 0 Å². The molecule has 1 heterocycles. The molecule has 1 aromatic rings. The lowest BCUT2D eigenvalue weighted by Gasteiger charge is -2.30. The first-order chi connectivity index (χ1) is 15.7. The van der Waals surface area contributed by atoms with Gasteiger partial charge in [0.25, 0.3) is 11.9 Å². The lowest BCUT2D eigenvalue weighted by molar-refractivity contribution is -0.129. The van der Waals surface area contributed by atoms with Crippen LogP contribution in [-0.2, 0) is 9.53 Å². The minimum absolute atomic E-state index is 0.0578. The SMILES string of the molecule is CCN(CC)c1ccc(/C=C/C2OC(=NC3CCCCC3)N(C3CCCCC3)C2=O)cc1. The molecule has 2 aliphatic carbocycles. The van der Waals surface area contributed by atoms with Crippen LogP contribution in [0.25, 0.3) is 6.08 Å². The number of amidine groups is 1. The quantitative estimate of drug-likeness (QED) is 0.542. The van der Waals surface area contributed by atoms with Crippen molar-refractivity contribution in [3.8, 4) is 0 Å². The van der Waals surface area contributed by atoms with Gasteiger partial charge in [0.05, 0.1) is 6.04 Å². The van der Waals surface area contributed by atoms with Crippen molar-refractivity contribution >= 4 is 23.7 Å². The van der Waals surface area contributed by atoms with Crippen LogP contribution < -0.4 is 4.90 Å². The molecule has 2 saturated carbocycles. The van der Waals surface area contributed by atoms with Crippen LogP contribution >= 0.6 is 0 Å². The summed E-state index contributed by atoms with van der Waals surface area (Å²) in [6, 6.07) is 9.64. The number of anilines is 1. The van der Waals surface area contributed by atoms with Crippen LogP contribution in [0, 0.1) is 0 Å². The van der Waals surface area contributed by atoms with Crippen molar-refractivity contribution in [2.75, 3.05) is 18.0 Å². The molecule has 0 bridgehead atoms. The summed E-state index contributed by atoms with van der Waals surface area (Å²) in [5.74, 6) is 0.0578. The highest BCUT2D eigenvalue weighted by Gasteiger charge is 2.42. The first kappa shape index (κ1) is 22.9. The van der Waals surface area contributed by atoms with Crippen molar-refractivity contribution in [3.63, 3.8) is 0 Å². The number of carbonyl (C=O) groups excluding carboxylic acids is 1. The number of hydrogen-bond donors (Lipinski definition) is 0. The summed E-state index contributed by atoms with van der Waals surface area (Å²) in [7, 11) is 0. The van der Waals surface area contributed by atoms with E-state index in [9.17, 15) is 4.79 Å². The summed E-state index contributed by atoms with van der Waals surface area (Å²) >= 11 is 0. The molecule has 32 heavy (non-hydrogen) atoms. The van der Waals surface area contributed by atoms with Gasteiger partial charge in [-0.1, -0.05) is 56.7 Å². The van der Waals surface area contributed by atoms with Gasteiger partial charge in [0.2, 0.25) is 0 Å². The van der Waals surface area contributed by atoms with Crippen molar-refractivity contribution in [2.45, 2.75) is 96.2 Å². The Balaban J connectivity index is 1.49. The Labute approximate surface area is 193 Å². The second-order valence-corrected chi connectivity index (χ2v) is 9.36. The molecule has 1 aliphatic heterocycles. The Morgan fingerprint density at radius 3 is 2.22 bits per heavy atom. The third kappa shape index (κ3) is 5.36. The lowest BCUT2D eigenvalue weighted by atomic mass is 9.94. The number of benzene rings is 1. The fraction of sp³-hybridized carbons (Fsp3) is 0.630. The second kappa shape index (κ2) is 11.0. The Morgan fingerprint density at radius 1 is 0.969 bits per heavy atom. The molecule has 0 spiro atoms. The standard InChI is InChI=1S/C27H39N3O2/c1-3-29(4-2)23-18-15-21(16-19-23)17-20-25-26(31)30(24-13-9-6-10-14-24)27(32-25)28-22-11-7-5-8-12-22/h15-20,22,24-25H,3-14H2,1-2H3/b20-17+,28-27?. The Morgan fingerprint density at radius 2 is 1.59 bits per heavy atom. The zero-order valence-corrected chi connectivity index (χ0v) is 19.8. The number of hydrogen-bond acceptors (Lipinski definition) is 4. The monoisotopic (exact) mass is 437 g/mol. The zero-order chi connectivity index (χ0) is 22.3. The highest BCUT2D eigenvalue weighted by Crippen LogP contribution is 2.30. The van der Waals surface area contributed by atoms with E-state index in [0.717, 1.165) is 44.3 Å². The molecule has 1 aromatic carbocycles. The van der Waals surface area contributed by atoms with Gasteiger partial charge in [-0.25, -0.2) is 4.99 Å².